The van der Waals surface area contributed by atoms with Gasteiger partial charge in [-0.15, -0.1) is 0 Å². The molecule has 0 aromatic carbocycles. The predicted molar refractivity (Wildman–Crippen MR) is 75.4 cm³/mol. The molecular formula is C16H30O2. The molecule has 2 heteroatoms. The van der Waals surface area contributed by atoms with E-state index in [2.05, 4.69) is 13.8 Å². The minimum atomic E-state index is -0.119. The molecule has 0 N–H and O–H groups in total. The molecule has 0 aliphatic heterocycles. The van der Waals surface area contributed by atoms with Crippen molar-refractivity contribution in [1.82, 2.24) is 0 Å². The van der Waals surface area contributed by atoms with E-state index >= 15 is 0 Å². The summed E-state index contributed by atoms with van der Waals surface area (Å²) in [6, 6.07) is 0. The van der Waals surface area contributed by atoms with Crippen LogP contribution in [-0.4, -0.2) is 12.1 Å². The Labute approximate surface area is 112 Å². The van der Waals surface area contributed by atoms with Crippen molar-refractivity contribution < 1.29 is 9.53 Å². The number of esters is 1. The van der Waals surface area contributed by atoms with Crippen molar-refractivity contribution in [3.05, 3.63) is 0 Å². The first kappa shape index (κ1) is 15.5. The van der Waals surface area contributed by atoms with Gasteiger partial charge in [0.1, 0.15) is 6.10 Å². The van der Waals surface area contributed by atoms with Crippen LogP contribution in [0.5, 0.6) is 0 Å². The lowest BCUT2D eigenvalue weighted by Crippen LogP contribution is -2.26. The molecule has 106 valence electrons. The van der Waals surface area contributed by atoms with Crippen molar-refractivity contribution in [2.24, 2.45) is 11.8 Å². The molecule has 2 atom stereocenters. The van der Waals surface area contributed by atoms with Gasteiger partial charge in [0.15, 0.2) is 0 Å². The van der Waals surface area contributed by atoms with Crippen LogP contribution in [0, 0.1) is 11.8 Å². The van der Waals surface area contributed by atoms with Crippen LogP contribution in [0.15, 0.2) is 0 Å². The van der Waals surface area contributed by atoms with Gasteiger partial charge >= 0.3 is 5.97 Å². The van der Waals surface area contributed by atoms with E-state index in [1.807, 2.05) is 0 Å². The average molecular weight is 254 g/mol. The Morgan fingerprint density at radius 2 is 1.94 bits per heavy atom. The Hall–Kier alpha value is -0.530. The second-order valence-electron chi connectivity index (χ2n) is 6.01. The molecule has 2 nitrogen and oxygen atoms in total. The number of hydrogen-bond acceptors (Lipinski definition) is 2. The Kier molecular flexibility index (Phi) is 7.38. The monoisotopic (exact) mass is 254 g/mol. The summed E-state index contributed by atoms with van der Waals surface area (Å²) >= 11 is 0. The van der Waals surface area contributed by atoms with Crippen LogP contribution in [0.25, 0.3) is 0 Å². The Bertz CT molecular complexity index is 231. The molecule has 2 unspecified atom stereocenters. The van der Waals surface area contributed by atoms with Crippen molar-refractivity contribution in [3.8, 4) is 0 Å². The molecule has 0 amide bonds. The van der Waals surface area contributed by atoms with Gasteiger partial charge in [0, 0.05) is 6.92 Å². The summed E-state index contributed by atoms with van der Waals surface area (Å²) in [5.41, 5.74) is 0. The summed E-state index contributed by atoms with van der Waals surface area (Å²) in [6.45, 7) is 5.99. The zero-order valence-electron chi connectivity index (χ0n) is 12.4. The minimum absolute atomic E-state index is 0.119. The molecule has 0 spiro atoms. The Morgan fingerprint density at radius 3 is 2.50 bits per heavy atom. The van der Waals surface area contributed by atoms with Crippen LogP contribution >= 0.6 is 0 Å². The topological polar surface area (TPSA) is 26.3 Å². The van der Waals surface area contributed by atoms with Crippen molar-refractivity contribution >= 4 is 5.97 Å². The quantitative estimate of drug-likeness (QED) is 0.615. The van der Waals surface area contributed by atoms with Gasteiger partial charge in [0.2, 0.25) is 0 Å². The lowest BCUT2D eigenvalue weighted by molar-refractivity contribution is -0.149. The summed E-state index contributed by atoms with van der Waals surface area (Å²) in [6.07, 6.45) is 11.7. The maximum Gasteiger partial charge on any atom is 0.302 e. The second-order valence-corrected chi connectivity index (χ2v) is 6.01. The Balaban J connectivity index is 2.40. The normalized spacial score (nSPS) is 20.4. The first-order valence-corrected chi connectivity index (χ1v) is 7.80. The van der Waals surface area contributed by atoms with Gasteiger partial charge in [-0.1, -0.05) is 58.8 Å². The summed E-state index contributed by atoms with van der Waals surface area (Å²) in [4.78, 5) is 11.2. The van der Waals surface area contributed by atoms with Crippen molar-refractivity contribution in [2.75, 3.05) is 0 Å². The fourth-order valence-corrected chi connectivity index (χ4v) is 3.18. The summed E-state index contributed by atoms with van der Waals surface area (Å²) in [7, 11) is 0. The molecular weight excluding hydrogens is 224 g/mol. The van der Waals surface area contributed by atoms with Crippen molar-refractivity contribution in [1.29, 1.82) is 0 Å². The van der Waals surface area contributed by atoms with Crippen LogP contribution in [0.1, 0.15) is 78.6 Å². The fourth-order valence-electron chi connectivity index (χ4n) is 3.18. The third-order valence-corrected chi connectivity index (χ3v) is 4.22. The zero-order valence-corrected chi connectivity index (χ0v) is 12.4. The highest BCUT2D eigenvalue weighted by Crippen LogP contribution is 2.31. The van der Waals surface area contributed by atoms with Crippen molar-refractivity contribution in [3.63, 3.8) is 0 Å². The van der Waals surface area contributed by atoms with Gasteiger partial charge in [-0.05, 0) is 24.7 Å². The van der Waals surface area contributed by atoms with E-state index in [1.54, 1.807) is 0 Å². The van der Waals surface area contributed by atoms with E-state index in [0.717, 1.165) is 18.8 Å². The van der Waals surface area contributed by atoms with Gasteiger partial charge in [-0.2, -0.15) is 0 Å². The van der Waals surface area contributed by atoms with E-state index in [0.29, 0.717) is 5.92 Å². The number of unbranched alkanes of at least 4 members (excludes halogenated alkanes) is 1. The lowest BCUT2D eigenvalue weighted by atomic mass is 9.81. The SMILES string of the molecule is CCCCC(OC(C)=O)C(C)CC1CCCCC1. The molecule has 1 aliphatic carbocycles. The zero-order chi connectivity index (χ0) is 13.4. The smallest absolute Gasteiger partial charge is 0.302 e. The van der Waals surface area contributed by atoms with Crippen LogP contribution < -0.4 is 0 Å². The Morgan fingerprint density at radius 1 is 1.28 bits per heavy atom. The third kappa shape index (κ3) is 5.88. The first-order valence-electron chi connectivity index (χ1n) is 7.80. The molecule has 0 aromatic heterocycles. The first-order chi connectivity index (χ1) is 8.63. The molecule has 0 radical (unpaired) electrons. The second kappa shape index (κ2) is 8.55. The number of ether oxygens (including phenoxy) is 1. The fraction of sp³-hybridized carbons (Fsp3) is 0.938. The van der Waals surface area contributed by atoms with Crippen LogP contribution in [0.3, 0.4) is 0 Å². The van der Waals surface area contributed by atoms with Gasteiger partial charge in [-0.3, -0.25) is 4.79 Å². The molecule has 1 rings (SSSR count). The molecule has 18 heavy (non-hydrogen) atoms. The predicted octanol–water partition coefficient (Wildman–Crippen LogP) is 4.71. The van der Waals surface area contributed by atoms with E-state index in [9.17, 15) is 4.79 Å². The number of carbonyl (C=O) groups excluding carboxylic acids is 1. The summed E-state index contributed by atoms with van der Waals surface area (Å²) in [5, 5.41) is 0. The maximum atomic E-state index is 11.2. The van der Waals surface area contributed by atoms with Crippen LogP contribution in [-0.2, 0) is 9.53 Å². The molecule has 1 saturated carbocycles. The van der Waals surface area contributed by atoms with Gasteiger partial charge < -0.3 is 4.74 Å². The molecule has 1 aliphatic rings. The van der Waals surface area contributed by atoms with Gasteiger partial charge in [0.05, 0.1) is 0 Å². The van der Waals surface area contributed by atoms with Crippen LogP contribution in [0.4, 0.5) is 0 Å². The lowest BCUT2D eigenvalue weighted by Gasteiger charge is -2.29. The molecule has 0 heterocycles. The standard InChI is InChI=1S/C16H30O2/c1-4-5-11-16(18-14(3)17)13(2)12-15-9-7-6-8-10-15/h13,15-16H,4-12H2,1-3H3. The number of hydrogen-bond donors (Lipinski definition) is 0. The van der Waals surface area contributed by atoms with E-state index < -0.39 is 0 Å². The highest BCUT2D eigenvalue weighted by atomic mass is 16.5. The minimum Gasteiger partial charge on any atom is -0.462 e. The van der Waals surface area contributed by atoms with Crippen LogP contribution in [0.2, 0.25) is 0 Å². The van der Waals surface area contributed by atoms with Gasteiger partial charge in [0.25, 0.3) is 0 Å². The molecule has 0 aromatic rings. The highest BCUT2D eigenvalue weighted by molar-refractivity contribution is 5.66. The third-order valence-electron chi connectivity index (χ3n) is 4.22. The maximum absolute atomic E-state index is 11.2. The number of carbonyl (C=O) groups is 1. The molecule has 0 bridgehead atoms. The molecule has 0 saturated heterocycles. The van der Waals surface area contributed by atoms with E-state index in [-0.39, 0.29) is 12.1 Å². The largest absolute Gasteiger partial charge is 0.462 e. The van der Waals surface area contributed by atoms with E-state index in [1.165, 1.54) is 51.9 Å². The highest BCUT2D eigenvalue weighted by Gasteiger charge is 2.24. The number of rotatable bonds is 7. The summed E-state index contributed by atoms with van der Waals surface area (Å²) in [5.74, 6) is 1.27. The van der Waals surface area contributed by atoms with Gasteiger partial charge in [-0.25, -0.2) is 0 Å². The van der Waals surface area contributed by atoms with E-state index in [4.69, 9.17) is 4.74 Å². The summed E-state index contributed by atoms with van der Waals surface area (Å²) < 4.78 is 5.52. The van der Waals surface area contributed by atoms with Crippen molar-refractivity contribution in [2.45, 2.75) is 84.7 Å². The average Bonchev–Trinajstić information content (AvgIpc) is 2.35. The molecule has 1 fully saturated rings.